The molecule has 0 radical (unpaired) electrons. The van der Waals surface area contributed by atoms with Gasteiger partial charge in [0.25, 0.3) is 0 Å². The minimum atomic E-state index is -0.652. The number of esters is 2. The lowest BCUT2D eigenvalue weighted by molar-refractivity contribution is -0.144. The van der Waals surface area contributed by atoms with E-state index in [9.17, 15) is 9.59 Å². The molecule has 0 heterocycles. The Morgan fingerprint density at radius 2 is 1.25 bits per heavy atom. The van der Waals surface area contributed by atoms with Crippen molar-refractivity contribution in [1.82, 2.24) is 0 Å². The van der Waals surface area contributed by atoms with Crippen LogP contribution >= 0.6 is 0 Å². The molecule has 0 amide bonds. The first-order chi connectivity index (χ1) is 21.3. The molecule has 44 heavy (non-hydrogen) atoms. The zero-order chi connectivity index (χ0) is 31.5. The van der Waals surface area contributed by atoms with Crippen LogP contribution in [0.5, 0.6) is 0 Å². The Labute approximate surface area is 262 Å². The van der Waals surface area contributed by atoms with E-state index in [-0.39, 0.29) is 30.3 Å². The van der Waals surface area contributed by atoms with E-state index in [2.05, 4.69) is 56.5 Å². The second-order valence-electron chi connectivity index (χ2n) is 12.7. The Kier molecular flexibility index (Phi) is 13.0. The molecule has 7 nitrogen and oxygen atoms in total. The second-order valence-corrected chi connectivity index (χ2v) is 12.7. The molecule has 0 aliphatic heterocycles. The van der Waals surface area contributed by atoms with E-state index >= 15 is 0 Å². The maximum absolute atomic E-state index is 12.0. The van der Waals surface area contributed by atoms with Gasteiger partial charge < -0.3 is 24.4 Å². The predicted molar refractivity (Wildman–Crippen MR) is 172 cm³/mol. The van der Waals surface area contributed by atoms with E-state index in [4.69, 9.17) is 24.4 Å². The van der Waals surface area contributed by atoms with Crippen LogP contribution in [-0.2, 0) is 23.8 Å². The van der Waals surface area contributed by atoms with Crippen LogP contribution in [0.3, 0.4) is 0 Å². The number of carbonyl (C=O) groups excluding carboxylic acids is 2. The van der Waals surface area contributed by atoms with Crippen molar-refractivity contribution in [3.63, 3.8) is 0 Å². The third-order valence-electron chi connectivity index (χ3n) is 9.60. The van der Waals surface area contributed by atoms with Gasteiger partial charge in [0.05, 0.1) is 43.7 Å². The average Bonchev–Trinajstić information content (AvgIpc) is 3.07. The molecule has 2 saturated carbocycles. The largest absolute Gasteiger partial charge is 0.462 e. The van der Waals surface area contributed by atoms with E-state index in [1.165, 1.54) is 34.7 Å². The summed E-state index contributed by atoms with van der Waals surface area (Å²) in [6.45, 7) is 9.10. The molecule has 0 bridgehead atoms. The van der Waals surface area contributed by atoms with Gasteiger partial charge in [0.1, 0.15) is 0 Å². The summed E-state index contributed by atoms with van der Waals surface area (Å²) in [6, 6.07) is 14.0. The first-order valence-electron chi connectivity index (χ1n) is 16.4. The molecule has 2 aliphatic rings. The van der Waals surface area contributed by atoms with Crippen molar-refractivity contribution in [1.29, 1.82) is 0 Å². The van der Waals surface area contributed by atoms with Crippen LogP contribution < -0.4 is 0 Å². The van der Waals surface area contributed by atoms with Crippen molar-refractivity contribution in [2.24, 2.45) is 11.8 Å². The number of aliphatic hydroxyl groups is 2. The quantitative estimate of drug-likeness (QED) is 0.171. The lowest BCUT2D eigenvalue weighted by atomic mass is 9.76. The van der Waals surface area contributed by atoms with Crippen LogP contribution in [-0.4, -0.2) is 61.3 Å². The topological polar surface area (TPSA) is 102 Å². The Balaban J connectivity index is 1.27. The number of fused-ring (bicyclic) bond motifs is 1. The SMILES string of the molecule is C=C(CO)C(=O)OCC(CCC1CCC(c2ccc3cc(C4CCC(OCC)CC4)ccc3c2)CC1)COC(=O)C(=C)CO. The summed E-state index contributed by atoms with van der Waals surface area (Å²) >= 11 is 0. The van der Waals surface area contributed by atoms with Crippen LogP contribution in [0.15, 0.2) is 60.7 Å². The van der Waals surface area contributed by atoms with E-state index < -0.39 is 25.2 Å². The smallest absolute Gasteiger partial charge is 0.335 e. The van der Waals surface area contributed by atoms with Crippen LogP contribution in [0.4, 0.5) is 0 Å². The van der Waals surface area contributed by atoms with Crippen LogP contribution in [0.2, 0.25) is 0 Å². The minimum Gasteiger partial charge on any atom is -0.462 e. The number of aliphatic hydroxyl groups excluding tert-OH is 2. The van der Waals surface area contributed by atoms with Gasteiger partial charge >= 0.3 is 11.9 Å². The van der Waals surface area contributed by atoms with Gasteiger partial charge in [-0.3, -0.25) is 0 Å². The molecule has 2 N–H and O–H groups in total. The highest BCUT2D eigenvalue weighted by atomic mass is 16.5. The summed E-state index contributed by atoms with van der Waals surface area (Å²) < 4.78 is 16.5. The minimum absolute atomic E-state index is 0.0119. The lowest BCUT2D eigenvalue weighted by Gasteiger charge is -2.30. The van der Waals surface area contributed by atoms with E-state index in [0.29, 0.717) is 23.9 Å². The van der Waals surface area contributed by atoms with Gasteiger partial charge in [0.15, 0.2) is 0 Å². The summed E-state index contributed by atoms with van der Waals surface area (Å²) in [5, 5.41) is 20.9. The molecule has 0 aromatic heterocycles. The second kappa shape index (κ2) is 16.9. The zero-order valence-electron chi connectivity index (χ0n) is 26.3. The first kappa shape index (κ1) is 33.9. The number of rotatable bonds is 15. The standard InChI is InChI=1S/C37H50O7/c1-4-42-35-17-15-30(16-18-35)32-12-14-33-19-31(11-13-34(33)20-32)29-9-7-27(8-10-29)5-6-28(23-43-36(40)25(2)21-38)24-44-37(41)26(3)22-39/h11-14,19-20,27-30,35,38-39H,2-10,15-18,21-24H2,1H3. The summed E-state index contributed by atoms with van der Waals surface area (Å²) in [4.78, 5) is 24.0. The number of hydrogen-bond acceptors (Lipinski definition) is 7. The molecule has 0 spiro atoms. The van der Waals surface area contributed by atoms with Crippen molar-refractivity contribution in [2.75, 3.05) is 33.0 Å². The summed E-state index contributed by atoms with van der Waals surface area (Å²) in [7, 11) is 0. The molecule has 4 rings (SSSR count). The molecular weight excluding hydrogens is 556 g/mol. The molecule has 240 valence electrons. The molecule has 2 aromatic carbocycles. The van der Waals surface area contributed by atoms with Crippen molar-refractivity contribution >= 4 is 22.7 Å². The molecule has 0 unspecified atom stereocenters. The molecule has 2 aromatic rings. The van der Waals surface area contributed by atoms with Crippen molar-refractivity contribution in [3.05, 3.63) is 71.8 Å². The third-order valence-corrected chi connectivity index (χ3v) is 9.60. The fraction of sp³-hybridized carbons (Fsp3) is 0.568. The van der Waals surface area contributed by atoms with E-state index in [1.807, 2.05) is 0 Å². The van der Waals surface area contributed by atoms with Gasteiger partial charge in [-0.25, -0.2) is 9.59 Å². The predicted octanol–water partition coefficient (Wildman–Crippen LogP) is 6.76. The van der Waals surface area contributed by atoms with E-state index in [0.717, 1.165) is 58.0 Å². The number of ether oxygens (including phenoxy) is 3. The number of carbonyl (C=O) groups is 2. The average molecular weight is 607 g/mol. The van der Waals surface area contributed by atoms with Crippen LogP contribution in [0, 0.1) is 11.8 Å². The molecule has 7 heteroatoms. The summed E-state index contributed by atoms with van der Waals surface area (Å²) in [5.74, 6) is 0.242. The normalized spacial score (nSPS) is 22.1. The number of benzene rings is 2. The molecule has 2 aliphatic carbocycles. The maximum Gasteiger partial charge on any atom is 0.335 e. The molecule has 0 saturated heterocycles. The van der Waals surface area contributed by atoms with Crippen LogP contribution in [0.25, 0.3) is 10.8 Å². The third kappa shape index (κ3) is 9.50. The van der Waals surface area contributed by atoms with Crippen molar-refractivity contribution < 1.29 is 34.0 Å². The molecule has 2 fully saturated rings. The molecule has 0 atom stereocenters. The van der Waals surface area contributed by atoms with Gasteiger partial charge in [0, 0.05) is 12.5 Å². The highest BCUT2D eigenvalue weighted by Gasteiger charge is 2.26. The lowest BCUT2D eigenvalue weighted by Crippen LogP contribution is -2.24. The Bertz CT molecular complexity index is 1240. The van der Waals surface area contributed by atoms with Gasteiger partial charge in [-0.15, -0.1) is 0 Å². The van der Waals surface area contributed by atoms with Crippen LogP contribution in [0.1, 0.15) is 94.1 Å². The first-order valence-corrected chi connectivity index (χ1v) is 16.4. The fourth-order valence-electron chi connectivity index (χ4n) is 6.78. The Morgan fingerprint density at radius 3 is 1.70 bits per heavy atom. The maximum atomic E-state index is 12.0. The van der Waals surface area contributed by atoms with Gasteiger partial charge in [-0.1, -0.05) is 49.6 Å². The van der Waals surface area contributed by atoms with Crippen molar-refractivity contribution in [2.45, 2.75) is 89.1 Å². The van der Waals surface area contributed by atoms with E-state index in [1.54, 1.807) is 0 Å². The van der Waals surface area contributed by atoms with Gasteiger partial charge in [0.2, 0.25) is 0 Å². The fourth-order valence-corrected chi connectivity index (χ4v) is 6.78. The van der Waals surface area contributed by atoms with Gasteiger partial charge in [-0.2, -0.15) is 0 Å². The Morgan fingerprint density at radius 1 is 0.773 bits per heavy atom. The zero-order valence-corrected chi connectivity index (χ0v) is 26.3. The highest BCUT2D eigenvalue weighted by Crippen LogP contribution is 2.40. The monoisotopic (exact) mass is 606 g/mol. The number of hydrogen-bond donors (Lipinski definition) is 2. The van der Waals surface area contributed by atoms with Crippen molar-refractivity contribution in [3.8, 4) is 0 Å². The van der Waals surface area contributed by atoms with Gasteiger partial charge in [-0.05, 0) is 111 Å². The Hall–Kier alpha value is -3.00. The highest BCUT2D eigenvalue weighted by molar-refractivity contribution is 5.88. The summed E-state index contributed by atoms with van der Waals surface area (Å²) in [5.41, 5.74) is 2.86. The summed E-state index contributed by atoms with van der Waals surface area (Å²) in [6.07, 6.45) is 11.4. The molecular formula is C37H50O7.